The molecule has 10 aliphatic carbocycles. The minimum atomic E-state index is 0.0415. The van der Waals surface area contributed by atoms with Crippen molar-refractivity contribution in [3.05, 3.63) is 59.8 Å². The van der Waals surface area contributed by atoms with Gasteiger partial charge in [0, 0.05) is 23.7 Å². The van der Waals surface area contributed by atoms with Crippen molar-refractivity contribution in [3.63, 3.8) is 0 Å². The summed E-state index contributed by atoms with van der Waals surface area (Å²) in [4.78, 5) is 23.8. The van der Waals surface area contributed by atoms with Crippen molar-refractivity contribution in [2.75, 3.05) is 13.2 Å². The Balaban J connectivity index is 0.000000118. The normalized spacial score (nSPS) is 57.5. The van der Waals surface area contributed by atoms with Crippen LogP contribution in [0, 0.1) is 87.8 Å². The first kappa shape index (κ1) is 30.6. The summed E-state index contributed by atoms with van der Waals surface area (Å²) in [6.07, 6.45) is 31.2. The SMILES string of the molecule is CC1CC2=CC(=O)CCC2C2CC[C@@]3(C)C(C4CC4[C@@]34C=CCO4)C12.C[C@]12CCC3C4CCC(=O)C=C4C=CC3C1C1CC1[C@@]21C=CCO1. The molecule has 2 aliphatic heterocycles. The van der Waals surface area contributed by atoms with Gasteiger partial charge in [-0.25, -0.2) is 0 Å². The van der Waals surface area contributed by atoms with Gasteiger partial charge in [0.1, 0.15) is 0 Å². The summed E-state index contributed by atoms with van der Waals surface area (Å²) in [6, 6.07) is 0. The van der Waals surface area contributed by atoms with E-state index < -0.39 is 0 Å². The van der Waals surface area contributed by atoms with E-state index in [1.807, 2.05) is 12.2 Å². The predicted octanol–water partition coefficient (Wildman–Crippen LogP) is 8.64. The highest BCUT2D eigenvalue weighted by atomic mass is 16.5. The Morgan fingerprint density at radius 1 is 0.714 bits per heavy atom. The van der Waals surface area contributed by atoms with Crippen molar-refractivity contribution in [2.45, 2.75) is 103 Å². The van der Waals surface area contributed by atoms with Crippen LogP contribution in [0.15, 0.2) is 59.8 Å². The molecule has 4 nitrogen and oxygen atoms in total. The largest absolute Gasteiger partial charge is 0.366 e. The number of ketones is 2. The maximum Gasteiger partial charge on any atom is 0.155 e. The van der Waals surface area contributed by atoms with Crippen molar-refractivity contribution in [1.82, 2.24) is 0 Å². The van der Waals surface area contributed by atoms with Gasteiger partial charge in [-0.15, -0.1) is 0 Å². The smallest absolute Gasteiger partial charge is 0.155 e. The highest BCUT2D eigenvalue weighted by molar-refractivity contribution is 5.92. The lowest BCUT2D eigenvalue weighted by atomic mass is 9.47. The first-order chi connectivity index (χ1) is 23.7. The van der Waals surface area contributed by atoms with Crippen LogP contribution in [0.25, 0.3) is 0 Å². The van der Waals surface area contributed by atoms with Crippen molar-refractivity contribution in [1.29, 1.82) is 0 Å². The molecule has 2 heterocycles. The van der Waals surface area contributed by atoms with Crippen LogP contribution in [-0.4, -0.2) is 36.0 Å². The van der Waals surface area contributed by atoms with Gasteiger partial charge in [-0.2, -0.15) is 0 Å². The fourth-order valence-electron chi connectivity index (χ4n) is 16.3. The molecule has 0 amide bonds. The summed E-state index contributed by atoms with van der Waals surface area (Å²) in [7, 11) is 0. The Kier molecular flexibility index (Phi) is 6.30. The van der Waals surface area contributed by atoms with Gasteiger partial charge < -0.3 is 9.47 Å². The predicted molar refractivity (Wildman–Crippen MR) is 189 cm³/mol. The zero-order valence-electron chi connectivity index (χ0n) is 29.9. The lowest BCUT2D eigenvalue weighted by Gasteiger charge is -2.59. The lowest BCUT2D eigenvalue weighted by Crippen LogP contribution is -2.56. The summed E-state index contributed by atoms with van der Waals surface area (Å²) in [6.45, 7) is 9.21. The van der Waals surface area contributed by atoms with Gasteiger partial charge in [-0.3, -0.25) is 9.59 Å². The molecule has 7 fully saturated rings. The second kappa shape index (κ2) is 10.1. The molecular formula is C45H56O4. The topological polar surface area (TPSA) is 52.6 Å². The van der Waals surface area contributed by atoms with Crippen LogP contribution in [0.2, 0.25) is 0 Å². The van der Waals surface area contributed by atoms with Crippen LogP contribution in [0.5, 0.6) is 0 Å². The number of carbonyl (C=O) groups is 2. The van der Waals surface area contributed by atoms with Crippen LogP contribution < -0.4 is 0 Å². The number of hydrogen-bond acceptors (Lipinski definition) is 4. The number of allylic oxidation sites excluding steroid dienone is 5. The Bertz CT molecular complexity index is 1660. The third kappa shape index (κ3) is 3.80. The summed E-state index contributed by atoms with van der Waals surface area (Å²) in [5.41, 5.74) is 3.59. The first-order valence-electron chi connectivity index (χ1n) is 20.5. The Hall–Kier alpha value is -2.04. The number of hydrogen-bond donors (Lipinski definition) is 0. The molecule has 4 heteroatoms. The number of fused-ring (bicyclic) bond motifs is 18. The van der Waals surface area contributed by atoms with E-state index in [4.69, 9.17) is 9.47 Å². The monoisotopic (exact) mass is 660 g/mol. The Labute approximate surface area is 293 Å². The molecule has 49 heavy (non-hydrogen) atoms. The molecule has 12 rings (SSSR count). The first-order valence-corrected chi connectivity index (χ1v) is 20.5. The molecule has 0 saturated heterocycles. The second-order valence-corrected chi connectivity index (χ2v) is 19.6. The zero-order valence-corrected chi connectivity index (χ0v) is 29.9. The maximum atomic E-state index is 11.9. The summed E-state index contributed by atoms with van der Waals surface area (Å²) >= 11 is 0. The summed E-state index contributed by atoms with van der Waals surface area (Å²) in [5, 5.41) is 0. The van der Waals surface area contributed by atoms with Gasteiger partial charge in [0.15, 0.2) is 11.6 Å². The Morgan fingerprint density at radius 3 is 2.00 bits per heavy atom. The van der Waals surface area contributed by atoms with Gasteiger partial charge in [-0.05, 0) is 152 Å². The fraction of sp³-hybridized carbons (Fsp3) is 0.733. The molecule has 7 saturated carbocycles. The standard InChI is InChI=1S/C23H30O2.C22H26O2/c1-13-10-14-11-15(24)4-5-16(14)17-6-8-22(2)21(20(13)17)18-12-19(18)23(22)7-3-9-25-23;1-21-9-7-16-15-6-4-14(23)11-13(15)3-5-17(16)20(21)18-12-19(18)22(21)8-2-10-24-22/h3,7,11,13,16-21H,4-6,8-10,12H2,1-2H3;2-3,5,8,11,15-20H,4,6-7,9-10,12H2,1H3/t13?,16?,17?,18?,19?,20?,21?,22-,23-;15?,16?,17?,18?,19?,20?,21-,22-/m00/s1. The summed E-state index contributed by atoms with van der Waals surface area (Å²) < 4.78 is 12.9. The maximum absolute atomic E-state index is 11.9. The van der Waals surface area contributed by atoms with E-state index in [1.54, 1.807) is 0 Å². The van der Waals surface area contributed by atoms with E-state index in [2.05, 4.69) is 57.2 Å². The molecule has 13 unspecified atom stereocenters. The molecule has 0 aromatic carbocycles. The van der Waals surface area contributed by atoms with Crippen LogP contribution >= 0.6 is 0 Å². The van der Waals surface area contributed by atoms with Crippen molar-refractivity contribution in [2.24, 2.45) is 87.8 Å². The van der Waals surface area contributed by atoms with Crippen molar-refractivity contribution < 1.29 is 19.1 Å². The van der Waals surface area contributed by atoms with Gasteiger partial charge in [-0.1, -0.05) is 62.8 Å². The minimum absolute atomic E-state index is 0.0415. The molecule has 0 N–H and O–H groups in total. The highest BCUT2D eigenvalue weighted by Gasteiger charge is 2.78. The third-order valence-corrected chi connectivity index (χ3v) is 18.1. The number of carbonyl (C=O) groups excluding carboxylic acids is 2. The molecule has 12 aliphatic rings. The third-order valence-electron chi connectivity index (χ3n) is 18.1. The van der Waals surface area contributed by atoms with E-state index in [9.17, 15) is 9.59 Å². The fourth-order valence-corrected chi connectivity index (χ4v) is 16.3. The molecule has 0 aromatic rings. The van der Waals surface area contributed by atoms with E-state index >= 15 is 0 Å². The van der Waals surface area contributed by atoms with E-state index in [0.717, 1.165) is 98.1 Å². The van der Waals surface area contributed by atoms with Gasteiger partial charge >= 0.3 is 0 Å². The van der Waals surface area contributed by atoms with E-state index in [1.165, 1.54) is 56.1 Å². The molecule has 17 atom stereocenters. The van der Waals surface area contributed by atoms with Crippen LogP contribution in [-0.2, 0) is 19.1 Å². The van der Waals surface area contributed by atoms with Gasteiger partial charge in [0.2, 0.25) is 0 Å². The molecule has 2 spiro atoms. The second-order valence-electron chi connectivity index (χ2n) is 19.6. The lowest BCUT2D eigenvalue weighted by molar-refractivity contribution is -0.140. The Morgan fingerprint density at radius 2 is 1.33 bits per heavy atom. The highest BCUT2D eigenvalue weighted by Crippen LogP contribution is 2.79. The minimum Gasteiger partial charge on any atom is -0.366 e. The summed E-state index contributed by atoms with van der Waals surface area (Å²) in [5.74, 6) is 10.8. The molecule has 0 radical (unpaired) electrons. The van der Waals surface area contributed by atoms with Gasteiger partial charge in [0.25, 0.3) is 0 Å². The quantitative estimate of drug-likeness (QED) is 0.244. The van der Waals surface area contributed by atoms with Crippen molar-refractivity contribution >= 4 is 11.6 Å². The van der Waals surface area contributed by atoms with Crippen LogP contribution in [0.1, 0.15) is 91.4 Å². The van der Waals surface area contributed by atoms with E-state index in [0.29, 0.717) is 40.2 Å². The molecule has 0 aromatic heterocycles. The molecule has 260 valence electrons. The molecule has 0 bridgehead atoms. The number of rotatable bonds is 0. The number of ether oxygens (including phenoxy) is 2. The van der Waals surface area contributed by atoms with Crippen LogP contribution in [0.3, 0.4) is 0 Å². The molecular weight excluding hydrogens is 604 g/mol. The van der Waals surface area contributed by atoms with Crippen LogP contribution in [0.4, 0.5) is 0 Å². The average Bonchev–Trinajstić information content (AvgIpc) is 3.88. The van der Waals surface area contributed by atoms with Crippen molar-refractivity contribution in [3.8, 4) is 0 Å². The zero-order chi connectivity index (χ0) is 33.1. The van der Waals surface area contributed by atoms with Gasteiger partial charge in [0.05, 0.1) is 24.4 Å². The average molecular weight is 661 g/mol. The van der Waals surface area contributed by atoms with E-state index in [-0.39, 0.29) is 11.2 Å².